The molecule has 2 N–H and O–H groups in total. The number of fused-ring (bicyclic) bond motifs is 1. The molecule has 3 aromatic rings. The summed E-state index contributed by atoms with van der Waals surface area (Å²) in [6.45, 7) is 0. The van der Waals surface area contributed by atoms with Crippen molar-refractivity contribution in [3.8, 4) is 0 Å². The Hall–Kier alpha value is -2.85. The Bertz CT molecular complexity index is 1240. The molecule has 168 valence electrons. The van der Waals surface area contributed by atoms with Crippen LogP contribution >= 0.6 is 23.1 Å². The highest BCUT2D eigenvalue weighted by Gasteiger charge is 2.29. The van der Waals surface area contributed by atoms with E-state index in [-0.39, 0.29) is 32.8 Å². The molecule has 2 heterocycles. The maximum Gasteiger partial charge on any atom is 0.348 e. The molecule has 0 radical (unpaired) electrons. The molecule has 0 atom stereocenters. The van der Waals surface area contributed by atoms with Crippen LogP contribution < -0.4 is 11.3 Å². The van der Waals surface area contributed by atoms with Gasteiger partial charge in [0.2, 0.25) is 0 Å². The number of rotatable bonds is 6. The molecular formula is C22H23N3O5S2. The number of para-hydroxylation sites is 1. The molecule has 32 heavy (non-hydrogen) atoms. The Labute approximate surface area is 192 Å². The lowest BCUT2D eigenvalue weighted by atomic mass is 10.1. The van der Waals surface area contributed by atoms with Crippen LogP contribution in [0.3, 0.4) is 0 Å². The normalized spacial score (nSPS) is 14.1. The highest BCUT2D eigenvalue weighted by molar-refractivity contribution is 7.98. The van der Waals surface area contributed by atoms with Gasteiger partial charge in [0.25, 0.3) is 5.56 Å². The third-order valence-electron chi connectivity index (χ3n) is 5.61. The summed E-state index contributed by atoms with van der Waals surface area (Å²) in [4.78, 5) is 43.0. The number of nitrogens with two attached hydrogens (primary N) is 1. The Morgan fingerprint density at radius 2 is 1.88 bits per heavy atom. The fraction of sp³-hybridized carbons (Fsp3) is 0.364. The summed E-state index contributed by atoms with van der Waals surface area (Å²) in [7, 11) is 2.53. The minimum Gasteiger partial charge on any atom is -0.465 e. The number of methoxy groups -OCH3 is 2. The second kappa shape index (κ2) is 9.33. The SMILES string of the molecule is COC(=O)c1sc(N)c(C(=O)OC)c1CSc1nc2ccccc2c(=O)n1C1CCCC1. The number of carbonyl (C=O) groups is 2. The molecule has 10 heteroatoms. The Balaban J connectivity index is 1.80. The monoisotopic (exact) mass is 473 g/mol. The van der Waals surface area contributed by atoms with E-state index in [1.54, 1.807) is 10.6 Å². The number of nitrogen functional groups attached to an aromatic ring is 1. The first kappa shape index (κ1) is 22.3. The van der Waals surface area contributed by atoms with Crippen molar-refractivity contribution in [3.05, 3.63) is 50.6 Å². The van der Waals surface area contributed by atoms with Crippen LogP contribution in [0.2, 0.25) is 0 Å². The molecule has 0 unspecified atom stereocenters. The van der Waals surface area contributed by atoms with Crippen LogP contribution in [0.5, 0.6) is 0 Å². The van der Waals surface area contributed by atoms with Gasteiger partial charge in [0, 0.05) is 17.4 Å². The van der Waals surface area contributed by atoms with Gasteiger partial charge in [-0.15, -0.1) is 11.3 Å². The molecule has 4 rings (SSSR count). The summed E-state index contributed by atoms with van der Waals surface area (Å²) in [5, 5.41) is 1.32. The molecule has 0 bridgehead atoms. The van der Waals surface area contributed by atoms with Crippen LogP contribution in [0.4, 0.5) is 5.00 Å². The van der Waals surface area contributed by atoms with Gasteiger partial charge >= 0.3 is 11.9 Å². The molecule has 0 amide bonds. The number of ether oxygens (including phenoxy) is 2. The molecular weight excluding hydrogens is 450 g/mol. The molecule has 1 fully saturated rings. The van der Waals surface area contributed by atoms with Gasteiger partial charge in [-0.25, -0.2) is 14.6 Å². The third kappa shape index (κ3) is 4.00. The minimum absolute atomic E-state index is 0.0729. The van der Waals surface area contributed by atoms with Gasteiger partial charge < -0.3 is 15.2 Å². The standard InChI is InChI=1S/C22H23N3O5S2/c1-29-20(27)16-14(17(21(28)30-2)32-18(16)23)11-31-22-24-15-10-6-5-9-13(15)19(26)25(22)12-7-3-4-8-12/h5-6,9-10,12H,3-4,7-8,11,23H2,1-2H3. The van der Waals surface area contributed by atoms with E-state index < -0.39 is 11.9 Å². The Morgan fingerprint density at radius 3 is 2.56 bits per heavy atom. The highest BCUT2D eigenvalue weighted by atomic mass is 32.2. The van der Waals surface area contributed by atoms with Crippen molar-refractivity contribution >= 4 is 50.9 Å². The molecule has 0 spiro atoms. The largest absolute Gasteiger partial charge is 0.465 e. The first-order chi connectivity index (χ1) is 15.5. The molecule has 1 aliphatic carbocycles. The predicted molar refractivity (Wildman–Crippen MR) is 124 cm³/mol. The molecule has 0 aliphatic heterocycles. The summed E-state index contributed by atoms with van der Waals surface area (Å²) in [6.07, 6.45) is 3.96. The van der Waals surface area contributed by atoms with E-state index in [4.69, 9.17) is 20.2 Å². The number of hydrogen-bond donors (Lipinski definition) is 1. The highest BCUT2D eigenvalue weighted by Crippen LogP contribution is 2.38. The van der Waals surface area contributed by atoms with Gasteiger partial charge in [0.1, 0.15) is 9.88 Å². The maximum atomic E-state index is 13.3. The van der Waals surface area contributed by atoms with Crippen molar-refractivity contribution < 1.29 is 19.1 Å². The van der Waals surface area contributed by atoms with E-state index in [9.17, 15) is 14.4 Å². The number of anilines is 1. The van der Waals surface area contributed by atoms with Crippen LogP contribution in [-0.2, 0) is 15.2 Å². The minimum atomic E-state index is -0.621. The fourth-order valence-electron chi connectivity index (χ4n) is 4.05. The van der Waals surface area contributed by atoms with E-state index in [0.29, 0.717) is 21.6 Å². The van der Waals surface area contributed by atoms with Gasteiger partial charge in [-0.2, -0.15) is 0 Å². The zero-order chi connectivity index (χ0) is 22.8. The van der Waals surface area contributed by atoms with Gasteiger partial charge in [0.15, 0.2) is 5.16 Å². The van der Waals surface area contributed by atoms with Crippen LogP contribution in [0.25, 0.3) is 10.9 Å². The first-order valence-corrected chi connectivity index (χ1v) is 12.0. The number of benzene rings is 1. The molecule has 8 nitrogen and oxygen atoms in total. The molecule has 2 aromatic heterocycles. The lowest BCUT2D eigenvalue weighted by Crippen LogP contribution is -2.26. The van der Waals surface area contributed by atoms with Gasteiger partial charge in [-0.05, 0) is 25.0 Å². The van der Waals surface area contributed by atoms with Crippen molar-refractivity contribution in [2.75, 3.05) is 20.0 Å². The molecule has 1 aromatic carbocycles. The van der Waals surface area contributed by atoms with Crippen molar-refractivity contribution in [2.24, 2.45) is 0 Å². The quantitative estimate of drug-likeness (QED) is 0.324. The van der Waals surface area contributed by atoms with E-state index in [0.717, 1.165) is 37.0 Å². The summed E-state index contributed by atoms with van der Waals surface area (Å²) < 4.78 is 11.5. The lowest BCUT2D eigenvalue weighted by Gasteiger charge is -2.18. The van der Waals surface area contributed by atoms with Crippen molar-refractivity contribution in [3.63, 3.8) is 0 Å². The maximum absolute atomic E-state index is 13.3. The number of nitrogens with zero attached hydrogens (tertiary/aromatic N) is 2. The molecule has 0 saturated heterocycles. The fourth-order valence-corrected chi connectivity index (χ4v) is 6.23. The van der Waals surface area contributed by atoms with E-state index in [1.165, 1.54) is 26.0 Å². The van der Waals surface area contributed by atoms with Gasteiger partial charge in [0.05, 0.1) is 30.7 Å². The van der Waals surface area contributed by atoms with E-state index in [2.05, 4.69) is 0 Å². The number of thiophene rings is 1. The van der Waals surface area contributed by atoms with Crippen LogP contribution in [-0.4, -0.2) is 35.7 Å². The summed E-state index contributed by atoms with van der Waals surface area (Å²) in [6, 6.07) is 7.34. The first-order valence-electron chi connectivity index (χ1n) is 10.2. The van der Waals surface area contributed by atoms with Crippen LogP contribution in [0.1, 0.15) is 57.3 Å². The van der Waals surface area contributed by atoms with Gasteiger partial charge in [-0.3, -0.25) is 9.36 Å². The van der Waals surface area contributed by atoms with Gasteiger partial charge in [-0.1, -0.05) is 36.7 Å². The third-order valence-corrected chi connectivity index (χ3v) is 7.63. The zero-order valence-electron chi connectivity index (χ0n) is 17.8. The smallest absolute Gasteiger partial charge is 0.348 e. The zero-order valence-corrected chi connectivity index (χ0v) is 19.4. The average Bonchev–Trinajstić information content (AvgIpc) is 3.44. The number of thioether (sulfide) groups is 1. The number of hydrogen-bond acceptors (Lipinski definition) is 9. The van der Waals surface area contributed by atoms with E-state index in [1.807, 2.05) is 18.2 Å². The number of aromatic nitrogens is 2. The lowest BCUT2D eigenvalue weighted by molar-refractivity contribution is 0.0601. The Kier molecular flexibility index (Phi) is 6.52. The van der Waals surface area contributed by atoms with Crippen LogP contribution in [0.15, 0.2) is 34.2 Å². The summed E-state index contributed by atoms with van der Waals surface area (Å²) in [5.41, 5.74) is 7.16. The van der Waals surface area contributed by atoms with Crippen molar-refractivity contribution in [1.82, 2.24) is 9.55 Å². The Morgan fingerprint density at radius 1 is 1.19 bits per heavy atom. The summed E-state index contributed by atoms with van der Waals surface area (Å²) in [5.74, 6) is -0.990. The summed E-state index contributed by atoms with van der Waals surface area (Å²) >= 11 is 2.29. The topological polar surface area (TPSA) is 114 Å². The second-order valence-corrected chi connectivity index (χ2v) is 9.44. The van der Waals surface area contributed by atoms with E-state index >= 15 is 0 Å². The van der Waals surface area contributed by atoms with Crippen molar-refractivity contribution in [2.45, 2.75) is 42.6 Å². The molecule has 1 aliphatic rings. The second-order valence-electron chi connectivity index (χ2n) is 7.45. The van der Waals surface area contributed by atoms with Crippen LogP contribution in [0, 0.1) is 0 Å². The number of esters is 2. The number of carbonyl (C=O) groups excluding carboxylic acids is 2. The average molecular weight is 474 g/mol. The predicted octanol–water partition coefficient (Wildman–Crippen LogP) is 4.02. The molecule has 1 saturated carbocycles. The van der Waals surface area contributed by atoms with Crippen molar-refractivity contribution in [1.29, 1.82) is 0 Å².